The third-order valence-corrected chi connectivity index (χ3v) is 6.85. The molecule has 3 N–H and O–H groups in total. The third-order valence-electron chi connectivity index (χ3n) is 6.85. The van der Waals surface area contributed by atoms with E-state index in [9.17, 15) is 4.79 Å². The Bertz CT molecular complexity index is 951. The summed E-state index contributed by atoms with van der Waals surface area (Å²) in [6.07, 6.45) is 9.12. The first-order valence-corrected chi connectivity index (χ1v) is 12.0. The highest BCUT2D eigenvalue weighted by Crippen LogP contribution is 2.32. The van der Waals surface area contributed by atoms with Crippen LogP contribution in [0.5, 0.6) is 0 Å². The number of hydrogen-bond donors (Lipinski definition) is 2. The number of primary amides is 1. The number of carbonyl (C=O) groups excluding carboxylic acids is 1. The van der Waals surface area contributed by atoms with Gasteiger partial charge in [0.25, 0.3) is 0 Å². The molecule has 1 aromatic heterocycles. The van der Waals surface area contributed by atoms with E-state index in [1.807, 2.05) is 23.1 Å². The van der Waals surface area contributed by atoms with Crippen LogP contribution in [-0.2, 0) is 19.3 Å². The van der Waals surface area contributed by atoms with Crippen molar-refractivity contribution in [1.29, 1.82) is 0 Å². The van der Waals surface area contributed by atoms with E-state index in [4.69, 9.17) is 15.7 Å². The van der Waals surface area contributed by atoms with Gasteiger partial charge in [0.15, 0.2) is 0 Å². The number of nitrogens with two attached hydrogens (primary N) is 1. The van der Waals surface area contributed by atoms with Crippen molar-refractivity contribution in [2.45, 2.75) is 76.8 Å². The van der Waals surface area contributed by atoms with Crippen LogP contribution in [0.4, 0.5) is 22.2 Å². The number of urea groups is 1. The zero-order chi connectivity index (χ0) is 22.7. The zero-order valence-corrected chi connectivity index (χ0v) is 19.6. The molecule has 1 aromatic carbocycles. The minimum atomic E-state index is -0.365. The van der Waals surface area contributed by atoms with Gasteiger partial charge in [-0.05, 0) is 69.4 Å². The summed E-state index contributed by atoms with van der Waals surface area (Å²) in [5.74, 6) is 1.78. The normalized spacial score (nSPS) is 20.3. The molecule has 2 aliphatic carbocycles. The Kier molecular flexibility index (Phi) is 6.82. The molecule has 172 valence electrons. The SMILES string of the molecule is CCc1ccccc1N(C(N)=O)C1CCC(Nc2nc3c(c(N(C)C)n2)CCCC3)CC1. The van der Waals surface area contributed by atoms with Crippen molar-refractivity contribution in [2.24, 2.45) is 5.73 Å². The maximum atomic E-state index is 12.4. The first-order chi connectivity index (χ1) is 15.5. The van der Waals surface area contributed by atoms with E-state index in [-0.39, 0.29) is 12.1 Å². The Morgan fingerprint density at radius 3 is 2.50 bits per heavy atom. The highest BCUT2D eigenvalue weighted by Gasteiger charge is 2.30. The van der Waals surface area contributed by atoms with Crippen LogP contribution in [0.1, 0.15) is 62.3 Å². The molecule has 0 bridgehead atoms. The van der Waals surface area contributed by atoms with Gasteiger partial charge in [-0.2, -0.15) is 4.98 Å². The summed E-state index contributed by atoms with van der Waals surface area (Å²) in [4.78, 5) is 26.0. The maximum Gasteiger partial charge on any atom is 0.319 e. The summed E-state index contributed by atoms with van der Waals surface area (Å²) in [5, 5.41) is 3.59. The Morgan fingerprint density at radius 2 is 1.81 bits per heavy atom. The van der Waals surface area contributed by atoms with Gasteiger partial charge in [0, 0.05) is 37.4 Å². The van der Waals surface area contributed by atoms with Gasteiger partial charge in [-0.3, -0.25) is 4.90 Å². The molecular formula is C25H36N6O. The number of aryl methyl sites for hydroxylation is 2. The topological polar surface area (TPSA) is 87.4 Å². The van der Waals surface area contributed by atoms with Crippen LogP contribution in [0.15, 0.2) is 24.3 Å². The number of nitrogens with one attached hydrogen (secondary N) is 1. The molecule has 1 fully saturated rings. The summed E-state index contributed by atoms with van der Waals surface area (Å²) < 4.78 is 0. The lowest BCUT2D eigenvalue weighted by molar-refractivity contribution is 0.248. The van der Waals surface area contributed by atoms with Crippen molar-refractivity contribution >= 4 is 23.5 Å². The van der Waals surface area contributed by atoms with E-state index < -0.39 is 0 Å². The number of rotatable bonds is 6. The molecule has 7 nitrogen and oxygen atoms in total. The van der Waals surface area contributed by atoms with Gasteiger partial charge in [0.2, 0.25) is 5.95 Å². The maximum absolute atomic E-state index is 12.4. The number of aromatic nitrogens is 2. The molecule has 1 heterocycles. The average Bonchev–Trinajstić information content (AvgIpc) is 2.80. The second-order valence-corrected chi connectivity index (χ2v) is 9.24. The van der Waals surface area contributed by atoms with E-state index in [1.165, 1.54) is 24.1 Å². The van der Waals surface area contributed by atoms with Gasteiger partial charge in [-0.15, -0.1) is 0 Å². The number of nitrogens with zero attached hydrogens (tertiary/aromatic N) is 4. The van der Waals surface area contributed by atoms with E-state index in [0.717, 1.165) is 68.0 Å². The van der Waals surface area contributed by atoms with E-state index in [1.54, 1.807) is 0 Å². The summed E-state index contributed by atoms with van der Waals surface area (Å²) in [7, 11) is 4.11. The molecule has 0 atom stereocenters. The van der Waals surface area contributed by atoms with Crippen molar-refractivity contribution in [1.82, 2.24) is 9.97 Å². The number of hydrogen-bond acceptors (Lipinski definition) is 5. The lowest BCUT2D eigenvalue weighted by Crippen LogP contribution is -2.47. The van der Waals surface area contributed by atoms with E-state index in [2.05, 4.69) is 37.3 Å². The van der Waals surface area contributed by atoms with Crippen LogP contribution >= 0.6 is 0 Å². The zero-order valence-electron chi connectivity index (χ0n) is 19.6. The number of fused-ring (bicyclic) bond motifs is 1. The molecule has 2 aliphatic rings. The standard InChI is InChI=1S/C25H36N6O/c1-4-17-9-5-8-12-22(17)31(24(26)32)19-15-13-18(14-16-19)27-25-28-21-11-7-6-10-20(21)23(29-25)30(2)3/h5,8-9,12,18-19H,4,6-7,10-11,13-16H2,1-3H3,(H2,26,32)(H,27,28,29). The van der Waals surface area contributed by atoms with Crippen LogP contribution < -0.4 is 20.9 Å². The minimum Gasteiger partial charge on any atom is -0.362 e. The van der Waals surface area contributed by atoms with Crippen LogP contribution in [0.2, 0.25) is 0 Å². The fraction of sp³-hybridized carbons (Fsp3) is 0.560. The fourth-order valence-corrected chi connectivity index (χ4v) is 5.21. The van der Waals surface area contributed by atoms with Crippen molar-refractivity contribution in [3.63, 3.8) is 0 Å². The predicted molar refractivity (Wildman–Crippen MR) is 131 cm³/mol. The van der Waals surface area contributed by atoms with Gasteiger partial charge >= 0.3 is 6.03 Å². The Labute approximate surface area is 191 Å². The van der Waals surface area contributed by atoms with Crippen LogP contribution in [0.25, 0.3) is 0 Å². The number of amides is 2. The molecule has 2 aromatic rings. The summed E-state index contributed by atoms with van der Waals surface area (Å²) >= 11 is 0. The molecule has 0 spiro atoms. The van der Waals surface area contributed by atoms with Crippen LogP contribution in [-0.4, -0.2) is 42.2 Å². The Balaban J connectivity index is 1.46. The van der Waals surface area contributed by atoms with Crippen LogP contribution in [0, 0.1) is 0 Å². The monoisotopic (exact) mass is 436 g/mol. The molecule has 0 radical (unpaired) electrons. The van der Waals surface area contributed by atoms with Gasteiger partial charge in [-0.1, -0.05) is 25.1 Å². The molecule has 7 heteroatoms. The number of anilines is 3. The summed E-state index contributed by atoms with van der Waals surface area (Å²) in [6.45, 7) is 2.11. The summed E-state index contributed by atoms with van der Waals surface area (Å²) in [6, 6.07) is 8.15. The first kappa shape index (κ1) is 22.4. The third kappa shape index (κ3) is 4.66. The highest BCUT2D eigenvalue weighted by molar-refractivity contribution is 5.92. The van der Waals surface area contributed by atoms with E-state index >= 15 is 0 Å². The smallest absolute Gasteiger partial charge is 0.319 e. The molecule has 0 unspecified atom stereocenters. The van der Waals surface area contributed by atoms with Crippen molar-refractivity contribution in [3.05, 3.63) is 41.1 Å². The molecule has 32 heavy (non-hydrogen) atoms. The molecule has 0 saturated heterocycles. The summed E-state index contributed by atoms with van der Waals surface area (Å²) in [5.41, 5.74) is 10.5. The quantitative estimate of drug-likeness (QED) is 0.705. The average molecular weight is 437 g/mol. The Hall–Kier alpha value is -2.83. The molecule has 2 amide bonds. The molecular weight excluding hydrogens is 400 g/mol. The van der Waals surface area contributed by atoms with Crippen molar-refractivity contribution in [3.8, 4) is 0 Å². The Morgan fingerprint density at radius 1 is 1.09 bits per heavy atom. The lowest BCUT2D eigenvalue weighted by atomic mass is 9.89. The lowest BCUT2D eigenvalue weighted by Gasteiger charge is -2.37. The van der Waals surface area contributed by atoms with Crippen LogP contribution in [0.3, 0.4) is 0 Å². The minimum absolute atomic E-state index is 0.125. The predicted octanol–water partition coefficient (Wildman–Crippen LogP) is 4.29. The number of benzene rings is 1. The number of para-hydroxylation sites is 1. The van der Waals surface area contributed by atoms with Crippen molar-refractivity contribution in [2.75, 3.05) is 29.2 Å². The first-order valence-electron chi connectivity index (χ1n) is 12.0. The van der Waals surface area contributed by atoms with Gasteiger partial charge in [0.05, 0.1) is 5.69 Å². The molecule has 4 rings (SSSR count). The highest BCUT2D eigenvalue weighted by atomic mass is 16.2. The van der Waals surface area contributed by atoms with Gasteiger partial charge in [-0.25, -0.2) is 9.78 Å². The van der Waals surface area contributed by atoms with Gasteiger partial charge in [0.1, 0.15) is 5.82 Å². The van der Waals surface area contributed by atoms with E-state index in [0.29, 0.717) is 6.04 Å². The second-order valence-electron chi connectivity index (χ2n) is 9.24. The van der Waals surface area contributed by atoms with Crippen molar-refractivity contribution < 1.29 is 4.79 Å². The van der Waals surface area contributed by atoms with Gasteiger partial charge < -0.3 is 16.0 Å². The molecule has 1 saturated carbocycles. The molecule has 0 aliphatic heterocycles. The number of carbonyl (C=O) groups is 1. The second kappa shape index (κ2) is 9.76. The fourth-order valence-electron chi connectivity index (χ4n) is 5.21. The largest absolute Gasteiger partial charge is 0.362 e.